The number of nitrogens with one attached hydrogen (secondary N) is 2. The molecule has 0 aromatic heterocycles. The van der Waals surface area contributed by atoms with Crippen LogP contribution in [0, 0.1) is 5.92 Å². The second-order valence-corrected chi connectivity index (χ2v) is 11.8. The fourth-order valence-corrected chi connectivity index (χ4v) is 5.31. The highest BCUT2D eigenvalue weighted by molar-refractivity contribution is 7.92. The van der Waals surface area contributed by atoms with Gasteiger partial charge in [0, 0.05) is 36.8 Å². The minimum atomic E-state index is -3.83. The second-order valence-electron chi connectivity index (χ2n) is 10.1. The van der Waals surface area contributed by atoms with E-state index in [0.717, 1.165) is 0 Å². The van der Waals surface area contributed by atoms with Gasteiger partial charge in [0.1, 0.15) is 11.9 Å². The predicted molar refractivity (Wildman–Crippen MR) is 146 cm³/mol. The van der Waals surface area contributed by atoms with E-state index in [-0.39, 0.29) is 48.4 Å². The summed E-state index contributed by atoms with van der Waals surface area (Å²) in [5.74, 6) is 0.0522. The number of urea groups is 1. The fourth-order valence-electron chi connectivity index (χ4n) is 4.23. The maximum atomic E-state index is 13.4. The Morgan fingerprint density at radius 2 is 1.87 bits per heavy atom. The van der Waals surface area contributed by atoms with Gasteiger partial charge >= 0.3 is 6.03 Å². The van der Waals surface area contributed by atoms with Gasteiger partial charge in [0.05, 0.1) is 30.5 Å². The van der Waals surface area contributed by atoms with E-state index in [9.17, 15) is 23.1 Å². The van der Waals surface area contributed by atoms with Gasteiger partial charge < -0.3 is 25.0 Å². The number of anilines is 1. The third-order valence-electron chi connectivity index (χ3n) is 6.43. The SMILES string of the molecule is CC(C)NC(=O)N(C)C[C@H]1Oc2ccc(NS(=O)(=O)c3ccccc3)cc2CC(=O)N([C@@H](C)CO)C[C@H]1C. The summed E-state index contributed by atoms with van der Waals surface area (Å²) in [6.45, 7) is 7.85. The van der Waals surface area contributed by atoms with Crippen LogP contribution in [-0.2, 0) is 21.2 Å². The highest BCUT2D eigenvalue weighted by Gasteiger charge is 2.32. The largest absolute Gasteiger partial charge is 0.488 e. The lowest BCUT2D eigenvalue weighted by atomic mass is 10.0. The van der Waals surface area contributed by atoms with Gasteiger partial charge in [-0.1, -0.05) is 25.1 Å². The molecule has 2 aromatic rings. The first-order valence-electron chi connectivity index (χ1n) is 12.7. The third kappa shape index (κ3) is 7.38. The van der Waals surface area contributed by atoms with Crippen molar-refractivity contribution in [3.05, 3.63) is 54.1 Å². The van der Waals surface area contributed by atoms with Crippen molar-refractivity contribution in [3.63, 3.8) is 0 Å². The van der Waals surface area contributed by atoms with Gasteiger partial charge in [0.25, 0.3) is 10.0 Å². The Kier molecular flexibility index (Phi) is 9.61. The van der Waals surface area contributed by atoms with E-state index >= 15 is 0 Å². The lowest BCUT2D eigenvalue weighted by Gasteiger charge is -2.34. The number of aliphatic hydroxyl groups is 1. The summed E-state index contributed by atoms with van der Waals surface area (Å²) in [6, 6.07) is 12.2. The minimum absolute atomic E-state index is 0.0267. The number of nitrogens with zero attached hydrogens (tertiary/aromatic N) is 2. The number of carbonyl (C=O) groups excluding carboxylic acids is 2. The van der Waals surface area contributed by atoms with Gasteiger partial charge in [-0.15, -0.1) is 0 Å². The average molecular weight is 547 g/mol. The van der Waals surface area contributed by atoms with Crippen LogP contribution in [0.1, 0.15) is 33.3 Å². The van der Waals surface area contributed by atoms with Crippen molar-refractivity contribution in [2.24, 2.45) is 5.92 Å². The molecule has 1 aliphatic heterocycles. The number of carbonyl (C=O) groups is 2. The molecule has 38 heavy (non-hydrogen) atoms. The number of ether oxygens (including phenoxy) is 1. The Bertz CT molecular complexity index is 1220. The van der Waals surface area contributed by atoms with Crippen LogP contribution in [0.25, 0.3) is 0 Å². The molecule has 3 atom stereocenters. The Balaban J connectivity index is 1.95. The summed E-state index contributed by atoms with van der Waals surface area (Å²) < 4.78 is 34.7. The Hall–Kier alpha value is -3.31. The molecular formula is C27H38N4O6S. The lowest BCUT2D eigenvalue weighted by molar-refractivity contribution is -0.134. The molecule has 208 valence electrons. The van der Waals surface area contributed by atoms with E-state index in [1.54, 1.807) is 60.2 Å². The first kappa shape index (κ1) is 29.2. The monoisotopic (exact) mass is 546 g/mol. The molecule has 0 saturated heterocycles. The second kappa shape index (κ2) is 12.5. The number of sulfonamides is 1. The molecule has 1 heterocycles. The molecule has 3 amide bonds. The first-order chi connectivity index (χ1) is 17.9. The number of hydrogen-bond donors (Lipinski definition) is 3. The van der Waals surface area contributed by atoms with E-state index < -0.39 is 22.2 Å². The van der Waals surface area contributed by atoms with E-state index in [1.807, 2.05) is 20.8 Å². The zero-order valence-electron chi connectivity index (χ0n) is 22.5. The van der Waals surface area contributed by atoms with Crippen molar-refractivity contribution in [2.75, 3.05) is 31.5 Å². The zero-order chi connectivity index (χ0) is 28.0. The van der Waals surface area contributed by atoms with Crippen molar-refractivity contribution in [1.82, 2.24) is 15.1 Å². The molecule has 0 radical (unpaired) electrons. The average Bonchev–Trinajstić information content (AvgIpc) is 2.91. The molecule has 0 aliphatic carbocycles. The highest BCUT2D eigenvalue weighted by atomic mass is 32.2. The minimum Gasteiger partial charge on any atom is -0.488 e. The first-order valence-corrected chi connectivity index (χ1v) is 14.2. The molecule has 0 unspecified atom stereocenters. The summed E-state index contributed by atoms with van der Waals surface area (Å²) in [5.41, 5.74) is 0.801. The van der Waals surface area contributed by atoms with Gasteiger partial charge in [-0.3, -0.25) is 9.52 Å². The van der Waals surface area contributed by atoms with Crippen molar-refractivity contribution in [2.45, 2.75) is 57.2 Å². The molecule has 0 fully saturated rings. The molecule has 1 aliphatic rings. The van der Waals surface area contributed by atoms with Crippen molar-refractivity contribution < 1.29 is 27.9 Å². The summed E-state index contributed by atoms with van der Waals surface area (Å²) in [7, 11) is -2.15. The topological polar surface area (TPSA) is 128 Å². The summed E-state index contributed by atoms with van der Waals surface area (Å²) in [4.78, 5) is 29.2. The van der Waals surface area contributed by atoms with Gasteiger partial charge in [-0.2, -0.15) is 0 Å². The number of fused-ring (bicyclic) bond motifs is 1. The van der Waals surface area contributed by atoms with E-state index in [1.165, 1.54) is 12.1 Å². The Morgan fingerprint density at radius 1 is 1.18 bits per heavy atom. The lowest BCUT2D eigenvalue weighted by Crippen LogP contribution is -2.49. The van der Waals surface area contributed by atoms with Gasteiger partial charge in [0.15, 0.2) is 0 Å². The van der Waals surface area contributed by atoms with E-state index in [4.69, 9.17) is 4.74 Å². The molecule has 0 spiro atoms. The number of aliphatic hydroxyl groups excluding tert-OH is 1. The molecule has 3 rings (SSSR count). The number of amides is 3. The van der Waals surface area contributed by atoms with Crippen molar-refractivity contribution in [1.29, 1.82) is 0 Å². The van der Waals surface area contributed by atoms with Gasteiger partial charge in [-0.05, 0) is 51.1 Å². The summed E-state index contributed by atoms with van der Waals surface area (Å²) in [5, 5.41) is 12.7. The molecule has 3 N–H and O–H groups in total. The normalized spacial score (nSPS) is 18.9. The molecule has 0 bridgehead atoms. The number of hydrogen-bond acceptors (Lipinski definition) is 6. The maximum absolute atomic E-state index is 13.4. The van der Waals surface area contributed by atoms with Crippen LogP contribution >= 0.6 is 0 Å². The van der Waals surface area contributed by atoms with E-state index in [2.05, 4.69) is 10.0 Å². The quantitative estimate of drug-likeness (QED) is 0.467. The van der Waals surface area contributed by atoms with Crippen LogP contribution < -0.4 is 14.8 Å². The standard InChI is InChI=1S/C27H38N4O6S/c1-18(2)28-27(34)30(5)16-25-19(3)15-31(20(4)17-32)26(33)14-21-13-22(11-12-24(21)37-25)29-38(35,36)23-9-7-6-8-10-23/h6-13,18-20,25,29,32H,14-17H2,1-5H3,(H,28,34)/t19-,20+,25-/m1/s1. The van der Waals surface area contributed by atoms with Crippen molar-refractivity contribution in [3.8, 4) is 5.75 Å². The van der Waals surface area contributed by atoms with Crippen LogP contribution in [-0.4, -0.2) is 80.2 Å². The summed E-state index contributed by atoms with van der Waals surface area (Å²) in [6.07, 6.45) is -0.508. The Labute approximate surface area is 225 Å². The zero-order valence-corrected chi connectivity index (χ0v) is 23.4. The number of likely N-dealkylation sites (N-methyl/N-ethyl adjacent to an activating group) is 1. The smallest absolute Gasteiger partial charge is 0.317 e. The molecule has 11 heteroatoms. The summed E-state index contributed by atoms with van der Waals surface area (Å²) >= 11 is 0. The van der Waals surface area contributed by atoms with Crippen LogP contribution in [0.15, 0.2) is 53.4 Å². The van der Waals surface area contributed by atoms with Gasteiger partial charge in [-0.25, -0.2) is 13.2 Å². The highest BCUT2D eigenvalue weighted by Crippen LogP contribution is 2.30. The van der Waals surface area contributed by atoms with E-state index in [0.29, 0.717) is 23.5 Å². The van der Waals surface area contributed by atoms with Crippen LogP contribution in [0.2, 0.25) is 0 Å². The molecule has 0 saturated carbocycles. The van der Waals surface area contributed by atoms with Crippen LogP contribution in [0.5, 0.6) is 5.75 Å². The number of rotatable bonds is 8. The van der Waals surface area contributed by atoms with Gasteiger partial charge in [0.2, 0.25) is 5.91 Å². The van der Waals surface area contributed by atoms with Crippen LogP contribution in [0.3, 0.4) is 0 Å². The third-order valence-corrected chi connectivity index (χ3v) is 7.83. The van der Waals surface area contributed by atoms with Crippen LogP contribution in [0.4, 0.5) is 10.5 Å². The fraction of sp³-hybridized carbons (Fsp3) is 0.481. The Morgan fingerprint density at radius 3 is 2.50 bits per heavy atom. The predicted octanol–water partition coefficient (Wildman–Crippen LogP) is 2.69. The molecule has 10 nitrogen and oxygen atoms in total. The molecular weight excluding hydrogens is 508 g/mol. The number of benzene rings is 2. The molecule has 2 aromatic carbocycles. The maximum Gasteiger partial charge on any atom is 0.317 e. The van der Waals surface area contributed by atoms with Crippen molar-refractivity contribution >= 4 is 27.6 Å².